The number of carbonyl (C=O) groups excluding carboxylic acids is 1. The number of alkyl carbamates (subject to hydrolysis) is 1. The van der Waals surface area contributed by atoms with Gasteiger partial charge in [0.15, 0.2) is 0 Å². The summed E-state index contributed by atoms with van der Waals surface area (Å²) in [7, 11) is 0. The molecule has 3 fully saturated rings. The first-order valence-electron chi connectivity index (χ1n) is 8.99. The number of hydrogen-bond donors (Lipinski definition) is 2. The van der Waals surface area contributed by atoms with Crippen LogP contribution in [-0.2, 0) is 21.6 Å². The molecule has 0 aromatic heterocycles. The van der Waals surface area contributed by atoms with Gasteiger partial charge in [-0.1, -0.05) is 41.9 Å². The lowest BCUT2D eigenvalue weighted by molar-refractivity contribution is -0.183. The summed E-state index contributed by atoms with van der Waals surface area (Å²) in [6, 6.07) is 12.5. The molecule has 28 heavy (non-hydrogen) atoms. The van der Waals surface area contributed by atoms with Crippen molar-refractivity contribution in [3.63, 3.8) is 0 Å². The second-order valence-electron chi connectivity index (χ2n) is 7.77. The number of benzene rings is 2. The van der Waals surface area contributed by atoms with E-state index >= 15 is 0 Å². The Labute approximate surface area is 166 Å². The maximum Gasteiger partial charge on any atom is 0.408 e. The van der Waals surface area contributed by atoms with Crippen LogP contribution in [0.15, 0.2) is 48.5 Å². The minimum absolute atomic E-state index is 0.0592. The quantitative estimate of drug-likeness (QED) is 0.754. The van der Waals surface area contributed by atoms with E-state index in [0.29, 0.717) is 29.8 Å². The minimum atomic E-state index is -1.11. The van der Waals surface area contributed by atoms with Crippen molar-refractivity contribution in [3.05, 3.63) is 70.5 Å². The van der Waals surface area contributed by atoms with Gasteiger partial charge in [-0.3, -0.25) is 0 Å². The van der Waals surface area contributed by atoms with E-state index in [4.69, 9.17) is 16.3 Å². The van der Waals surface area contributed by atoms with Crippen LogP contribution in [0.4, 0.5) is 9.18 Å². The Morgan fingerprint density at radius 1 is 1.18 bits per heavy atom. The number of carbonyl (C=O) groups is 2. The van der Waals surface area contributed by atoms with Gasteiger partial charge in [-0.25, -0.2) is 14.0 Å². The van der Waals surface area contributed by atoms with Crippen molar-refractivity contribution in [1.82, 2.24) is 5.32 Å². The van der Waals surface area contributed by atoms with Gasteiger partial charge in [-0.2, -0.15) is 0 Å². The predicted octanol–water partition coefficient (Wildman–Crippen LogP) is 4.28. The average molecular weight is 404 g/mol. The van der Waals surface area contributed by atoms with Crippen molar-refractivity contribution >= 4 is 23.7 Å². The molecule has 2 aromatic carbocycles. The van der Waals surface area contributed by atoms with Crippen LogP contribution in [-0.4, -0.2) is 23.2 Å². The smallest absolute Gasteiger partial charge is 0.408 e. The highest BCUT2D eigenvalue weighted by molar-refractivity contribution is 6.30. The van der Waals surface area contributed by atoms with Crippen LogP contribution in [0.2, 0.25) is 5.02 Å². The topological polar surface area (TPSA) is 75.6 Å². The van der Waals surface area contributed by atoms with Gasteiger partial charge in [0.05, 0.1) is 0 Å². The third kappa shape index (κ3) is 3.11. The summed E-state index contributed by atoms with van der Waals surface area (Å²) in [6.45, 7) is 0.0592. The van der Waals surface area contributed by atoms with Crippen molar-refractivity contribution in [2.45, 2.75) is 37.3 Å². The van der Waals surface area contributed by atoms with Crippen LogP contribution in [0.1, 0.15) is 30.4 Å². The number of ether oxygens (including phenoxy) is 1. The SMILES string of the molecule is O=C(NC(C(=O)O)C12CC(c3cc(Cl)ccc3F)(C1)C2)OCc1ccccc1. The van der Waals surface area contributed by atoms with Crippen molar-refractivity contribution in [2.24, 2.45) is 5.41 Å². The molecule has 2 N–H and O–H groups in total. The van der Waals surface area contributed by atoms with Crippen LogP contribution in [0.3, 0.4) is 0 Å². The number of hydrogen-bond acceptors (Lipinski definition) is 3. The lowest BCUT2D eigenvalue weighted by atomic mass is 9.31. The third-order valence-corrected chi connectivity index (χ3v) is 6.14. The van der Waals surface area contributed by atoms with Gasteiger partial charge >= 0.3 is 12.1 Å². The zero-order valence-electron chi connectivity index (χ0n) is 15.0. The number of halogens is 2. The molecule has 5 nitrogen and oxygen atoms in total. The number of nitrogens with one attached hydrogen (secondary N) is 1. The fraction of sp³-hybridized carbons (Fsp3) is 0.333. The van der Waals surface area contributed by atoms with Crippen LogP contribution < -0.4 is 5.32 Å². The van der Waals surface area contributed by atoms with E-state index < -0.39 is 28.9 Å². The molecular formula is C21H19ClFNO4. The van der Waals surface area contributed by atoms with Gasteiger partial charge < -0.3 is 15.2 Å². The Balaban J connectivity index is 1.40. The summed E-state index contributed by atoms with van der Waals surface area (Å²) in [6.07, 6.45) is 0.706. The Bertz CT molecular complexity index is 913. The summed E-state index contributed by atoms with van der Waals surface area (Å²) in [5, 5.41) is 12.6. The molecule has 0 heterocycles. The Kier molecular flexibility index (Phi) is 4.54. The summed E-state index contributed by atoms with van der Waals surface area (Å²) in [4.78, 5) is 23.9. The fourth-order valence-electron chi connectivity index (χ4n) is 4.72. The fourth-order valence-corrected chi connectivity index (χ4v) is 4.89. The Morgan fingerprint density at radius 3 is 2.50 bits per heavy atom. The maximum atomic E-state index is 14.2. The predicted molar refractivity (Wildman–Crippen MR) is 101 cm³/mol. The van der Waals surface area contributed by atoms with Gasteiger partial charge in [0, 0.05) is 15.9 Å². The van der Waals surface area contributed by atoms with Gasteiger partial charge in [0.2, 0.25) is 0 Å². The Hall–Kier alpha value is -2.60. The van der Waals surface area contributed by atoms with Crippen molar-refractivity contribution in [1.29, 1.82) is 0 Å². The molecule has 2 bridgehead atoms. The number of rotatable bonds is 6. The Morgan fingerprint density at radius 2 is 1.86 bits per heavy atom. The van der Waals surface area contributed by atoms with Gasteiger partial charge in [-0.15, -0.1) is 0 Å². The van der Waals surface area contributed by atoms with Gasteiger partial charge in [0.1, 0.15) is 18.5 Å². The van der Waals surface area contributed by atoms with E-state index in [0.717, 1.165) is 5.56 Å². The summed E-state index contributed by atoms with van der Waals surface area (Å²) < 4.78 is 19.3. The van der Waals surface area contributed by atoms with Crippen LogP contribution in [0.5, 0.6) is 0 Å². The highest BCUT2D eigenvalue weighted by Gasteiger charge is 2.73. The normalized spacial score (nSPS) is 25.8. The highest BCUT2D eigenvalue weighted by Crippen LogP contribution is 2.75. The second kappa shape index (κ2) is 6.78. The summed E-state index contributed by atoms with van der Waals surface area (Å²) in [5.41, 5.74) is 0.369. The van der Waals surface area contributed by atoms with E-state index in [-0.39, 0.29) is 12.4 Å². The third-order valence-electron chi connectivity index (χ3n) is 5.91. The van der Waals surface area contributed by atoms with Crippen LogP contribution >= 0.6 is 11.6 Å². The average Bonchev–Trinajstić information content (AvgIpc) is 2.60. The molecule has 0 saturated heterocycles. The molecule has 146 valence electrons. The number of aliphatic carboxylic acids is 1. The molecule has 3 aliphatic rings. The summed E-state index contributed by atoms with van der Waals surface area (Å²) >= 11 is 5.99. The molecule has 1 amide bonds. The van der Waals surface area contributed by atoms with E-state index in [1.807, 2.05) is 30.3 Å². The molecule has 3 saturated carbocycles. The monoisotopic (exact) mass is 403 g/mol. The van der Waals surface area contributed by atoms with E-state index in [1.54, 1.807) is 6.07 Å². The lowest BCUT2D eigenvalue weighted by Crippen LogP contribution is -2.73. The molecule has 1 atom stereocenters. The highest BCUT2D eigenvalue weighted by atomic mass is 35.5. The first-order chi connectivity index (χ1) is 13.3. The van der Waals surface area contributed by atoms with Crippen molar-refractivity contribution in [3.8, 4) is 0 Å². The molecule has 0 radical (unpaired) electrons. The van der Waals surface area contributed by atoms with Gasteiger partial charge in [0.25, 0.3) is 0 Å². The number of carboxylic acids is 1. The summed E-state index contributed by atoms with van der Waals surface area (Å²) in [5.74, 6) is -1.45. The molecule has 1 unspecified atom stereocenters. The van der Waals surface area contributed by atoms with E-state index in [2.05, 4.69) is 5.32 Å². The molecule has 2 aromatic rings. The number of amides is 1. The first-order valence-corrected chi connectivity index (χ1v) is 9.37. The largest absolute Gasteiger partial charge is 0.480 e. The minimum Gasteiger partial charge on any atom is -0.480 e. The molecule has 7 heteroatoms. The molecule has 0 aliphatic heterocycles. The van der Waals surface area contributed by atoms with E-state index in [9.17, 15) is 19.1 Å². The first kappa shape index (κ1) is 18.7. The maximum absolute atomic E-state index is 14.2. The van der Waals surface area contributed by atoms with Crippen LogP contribution in [0, 0.1) is 11.2 Å². The van der Waals surface area contributed by atoms with E-state index in [1.165, 1.54) is 12.1 Å². The molecule has 5 rings (SSSR count). The van der Waals surface area contributed by atoms with Crippen LogP contribution in [0.25, 0.3) is 0 Å². The van der Waals surface area contributed by atoms with Gasteiger partial charge in [-0.05, 0) is 48.6 Å². The lowest BCUT2D eigenvalue weighted by Gasteiger charge is -2.72. The van der Waals surface area contributed by atoms with Crippen molar-refractivity contribution in [2.75, 3.05) is 0 Å². The zero-order valence-corrected chi connectivity index (χ0v) is 15.7. The molecule has 0 spiro atoms. The molecular weight excluding hydrogens is 385 g/mol. The second-order valence-corrected chi connectivity index (χ2v) is 8.21. The number of carboxylic acid groups (broad SMARTS) is 1. The standard InChI is InChI=1S/C21H19ClFNO4/c22-14-6-7-16(23)15(8-14)20-10-21(11-20,12-20)17(18(25)26)24-19(27)28-9-13-4-2-1-3-5-13/h1-8,17H,9-12H2,(H,24,27)(H,25,26). The zero-order chi connectivity index (χ0) is 19.9. The van der Waals surface area contributed by atoms with Crippen molar-refractivity contribution < 1.29 is 23.8 Å². The molecule has 3 aliphatic carbocycles.